The van der Waals surface area contributed by atoms with Crippen LogP contribution < -0.4 is 5.01 Å². The summed E-state index contributed by atoms with van der Waals surface area (Å²) in [4.78, 5) is 0. The number of anilines is 2. The number of rotatable bonds is 6. The van der Waals surface area contributed by atoms with Crippen molar-refractivity contribution in [3.05, 3.63) is 157 Å². The van der Waals surface area contributed by atoms with Crippen molar-refractivity contribution in [2.24, 2.45) is 5.10 Å². The molecule has 0 N–H and O–H groups in total. The molecule has 0 atom stereocenters. The number of hydrogen-bond donors (Lipinski definition) is 0. The normalized spacial score (nSPS) is 10.9. The Balaban J connectivity index is 1.53. The van der Waals surface area contributed by atoms with Crippen LogP contribution in [0.25, 0.3) is 33.0 Å². The monoisotopic (exact) mass is 499 g/mol. The zero-order valence-electron chi connectivity index (χ0n) is 21.3. The van der Waals surface area contributed by atoms with E-state index in [4.69, 9.17) is 5.10 Å². The van der Waals surface area contributed by atoms with Crippen molar-refractivity contribution in [2.45, 2.75) is 0 Å². The molecule has 0 radical (unpaired) electrons. The van der Waals surface area contributed by atoms with Gasteiger partial charge in [0.05, 0.1) is 29.2 Å². The summed E-state index contributed by atoms with van der Waals surface area (Å²) in [6.45, 7) is 0. The van der Waals surface area contributed by atoms with Gasteiger partial charge in [-0.3, -0.25) is 0 Å². The molecule has 0 fully saturated rings. The molecule has 0 amide bonds. The standard InChI is InChI=1S/C36H25N3/c37-25-31-14-8-9-17-33(31)29-19-21-30(22-20-29)36-34-18-10-7-13-28(34)23-24-35(36)39(32-15-5-2-6-16-32)38-26-27-11-3-1-4-12-27/h1-24,26H/b38-26-. The fourth-order valence-electron chi connectivity index (χ4n) is 4.89. The van der Waals surface area contributed by atoms with Gasteiger partial charge in [0.15, 0.2) is 0 Å². The molecule has 39 heavy (non-hydrogen) atoms. The van der Waals surface area contributed by atoms with E-state index in [2.05, 4.69) is 78.9 Å². The Morgan fingerprint density at radius 1 is 0.590 bits per heavy atom. The lowest BCUT2D eigenvalue weighted by Crippen LogP contribution is -2.11. The lowest BCUT2D eigenvalue weighted by Gasteiger charge is -2.24. The van der Waals surface area contributed by atoms with Gasteiger partial charge in [-0.1, -0.05) is 121 Å². The minimum absolute atomic E-state index is 0.668. The van der Waals surface area contributed by atoms with Crippen molar-refractivity contribution in [1.29, 1.82) is 5.26 Å². The molecule has 0 bridgehead atoms. The maximum atomic E-state index is 9.60. The Hall–Kier alpha value is -5.46. The number of hydrazone groups is 1. The topological polar surface area (TPSA) is 39.4 Å². The predicted molar refractivity (Wildman–Crippen MR) is 162 cm³/mol. The van der Waals surface area contributed by atoms with E-state index < -0.39 is 0 Å². The van der Waals surface area contributed by atoms with Gasteiger partial charge in [0, 0.05) is 5.56 Å². The van der Waals surface area contributed by atoms with Crippen molar-refractivity contribution in [1.82, 2.24) is 0 Å². The van der Waals surface area contributed by atoms with Crippen LogP contribution >= 0.6 is 0 Å². The van der Waals surface area contributed by atoms with Crippen LogP contribution in [0, 0.1) is 11.3 Å². The third kappa shape index (κ3) is 4.92. The Morgan fingerprint density at radius 2 is 1.23 bits per heavy atom. The minimum Gasteiger partial charge on any atom is -0.233 e. The quantitative estimate of drug-likeness (QED) is 0.169. The number of nitrogens with zero attached hydrogens (tertiary/aromatic N) is 3. The van der Waals surface area contributed by atoms with E-state index in [9.17, 15) is 5.26 Å². The van der Waals surface area contributed by atoms with Crippen LogP contribution in [0.15, 0.2) is 151 Å². The third-order valence-electron chi connectivity index (χ3n) is 6.79. The first-order valence-electron chi connectivity index (χ1n) is 12.9. The van der Waals surface area contributed by atoms with E-state index in [0.717, 1.165) is 50.0 Å². The molecule has 0 unspecified atom stereocenters. The summed E-state index contributed by atoms with van der Waals surface area (Å²) in [5.74, 6) is 0. The second kappa shape index (κ2) is 10.9. The second-order valence-electron chi connectivity index (χ2n) is 9.22. The maximum Gasteiger partial charge on any atom is 0.0998 e. The number of fused-ring (bicyclic) bond motifs is 1. The molecule has 3 nitrogen and oxygen atoms in total. The van der Waals surface area contributed by atoms with Crippen LogP contribution in [-0.2, 0) is 0 Å². The fraction of sp³-hybridized carbons (Fsp3) is 0. The largest absolute Gasteiger partial charge is 0.233 e. The van der Waals surface area contributed by atoms with Gasteiger partial charge in [-0.05, 0) is 57.3 Å². The molecular weight excluding hydrogens is 474 g/mol. The molecule has 0 saturated heterocycles. The summed E-state index contributed by atoms with van der Waals surface area (Å²) in [7, 11) is 0. The van der Waals surface area contributed by atoms with Crippen LogP contribution in [0.5, 0.6) is 0 Å². The summed E-state index contributed by atoms with van der Waals surface area (Å²) < 4.78 is 0. The van der Waals surface area contributed by atoms with Crippen molar-refractivity contribution in [3.63, 3.8) is 0 Å². The van der Waals surface area contributed by atoms with Crippen LogP contribution in [0.2, 0.25) is 0 Å². The Kier molecular flexibility index (Phi) is 6.67. The average molecular weight is 500 g/mol. The molecule has 0 saturated carbocycles. The summed E-state index contributed by atoms with van der Waals surface area (Å²) in [6.07, 6.45) is 1.90. The molecule has 6 aromatic carbocycles. The first kappa shape index (κ1) is 23.9. The lowest BCUT2D eigenvalue weighted by atomic mass is 9.93. The van der Waals surface area contributed by atoms with Gasteiger partial charge in [0.2, 0.25) is 0 Å². The second-order valence-corrected chi connectivity index (χ2v) is 9.22. The average Bonchev–Trinajstić information content (AvgIpc) is 3.02. The number of hydrogen-bond acceptors (Lipinski definition) is 3. The molecule has 0 aliphatic heterocycles. The highest BCUT2D eigenvalue weighted by molar-refractivity contribution is 6.04. The van der Waals surface area contributed by atoms with E-state index in [-0.39, 0.29) is 0 Å². The SMILES string of the molecule is N#Cc1ccccc1-c1ccc(-c2c(N(/N=C\c3ccccc3)c3ccccc3)ccc3ccccc23)cc1. The van der Waals surface area contributed by atoms with Crippen LogP contribution in [0.3, 0.4) is 0 Å². The van der Waals surface area contributed by atoms with Gasteiger partial charge in [0.25, 0.3) is 0 Å². The molecule has 3 heteroatoms. The van der Waals surface area contributed by atoms with Crippen molar-refractivity contribution < 1.29 is 0 Å². The van der Waals surface area contributed by atoms with E-state index in [1.165, 1.54) is 0 Å². The molecule has 0 aromatic heterocycles. The van der Waals surface area contributed by atoms with E-state index in [1.807, 2.05) is 84.0 Å². The number of para-hydroxylation sites is 1. The highest BCUT2D eigenvalue weighted by Gasteiger charge is 2.17. The minimum atomic E-state index is 0.668. The van der Waals surface area contributed by atoms with Gasteiger partial charge in [-0.2, -0.15) is 10.4 Å². The van der Waals surface area contributed by atoms with Crippen molar-refractivity contribution in [2.75, 3.05) is 5.01 Å². The summed E-state index contributed by atoms with van der Waals surface area (Å²) in [5.41, 5.74) is 7.78. The first-order valence-corrected chi connectivity index (χ1v) is 12.9. The summed E-state index contributed by atoms with van der Waals surface area (Å²) in [5, 5.41) is 18.9. The third-order valence-corrected chi connectivity index (χ3v) is 6.79. The Labute approximate surface area is 228 Å². The van der Waals surface area contributed by atoms with Gasteiger partial charge < -0.3 is 0 Å². The van der Waals surface area contributed by atoms with Gasteiger partial charge in [-0.15, -0.1) is 0 Å². The molecule has 0 spiro atoms. The fourth-order valence-corrected chi connectivity index (χ4v) is 4.89. The summed E-state index contributed by atoms with van der Waals surface area (Å²) >= 11 is 0. The number of nitriles is 1. The first-order chi connectivity index (χ1) is 19.3. The van der Waals surface area contributed by atoms with Gasteiger partial charge in [-0.25, -0.2) is 5.01 Å². The van der Waals surface area contributed by atoms with E-state index in [0.29, 0.717) is 5.56 Å². The smallest absolute Gasteiger partial charge is 0.0998 e. The molecular formula is C36H25N3. The zero-order valence-corrected chi connectivity index (χ0v) is 21.3. The highest BCUT2D eigenvalue weighted by Crippen LogP contribution is 2.41. The molecule has 184 valence electrons. The van der Waals surface area contributed by atoms with Gasteiger partial charge >= 0.3 is 0 Å². The van der Waals surface area contributed by atoms with Gasteiger partial charge in [0.1, 0.15) is 0 Å². The Bertz CT molecular complexity index is 1800. The van der Waals surface area contributed by atoms with Crippen LogP contribution in [0.1, 0.15) is 11.1 Å². The summed E-state index contributed by atoms with van der Waals surface area (Å²) in [6, 6.07) is 51.6. The van der Waals surface area contributed by atoms with E-state index >= 15 is 0 Å². The molecule has 0 heterocycles. The molecule has 6 aromatic rings. The number of benzene rings is 6. The van der Waals surface area contributed by atoms with Crippen molar-refractivity contribution in [3.8, 4) is 28.3 Å². The molecule has 0 aliphatic rings. The van der Waals surface area contributed by atoms with Crippen molar-refractivity contribution >= 4 is 28.4 Å². The van der Waals surface area contributed by atoms with E-state index in [1.54, 1.807) is 0 Å². The maximum absolute atomic E-state index is 9.60. The highest BCUT2D eigenvalue weighted by atomic mass is 15.5. The van der Waals surface area contributed by atoms with Crippen LogP contribution in [-0.4, -0.2) is 6.21 Å². The molecule has 6 rings (SSSR count). The zero-order chi connectivity index (χ0) is 26.4. The lowest BCUT2D eigenvalue weighted by molar-refractivity contribution is 1.10. The predicted octanol–water partition coefficient (Wildman–Crippen LogP) is 9.22. The van der Waals surface area contributed by atoms with Crippen LogP contribution in [0.4, 0.5) is 11.4 Å². The Morgan fingerprint density at radius 3 is 2.00 bits per heavy atom. The molecule has 0 aliphatic carbocycles.